The summed E-state index contributed by atoms with van der Waals surface area (Å²) in [5.74, 6) is -3.37. The summed E-state index contributed by atoms with van der Waals surface area (Å²) in [5, 5.41) is 29.8. The summed E-state index contributed by atoms with van der Waals surface area (Å²) in [6.45, 7) is -2.29. The second-order valence-corrected chi connectivity index (χ2v) is 3.47. The molecule has 6 nitrogen and oxygen atoms in total. The van der Waals surface area contributed by atoms with Gasteiger partial charge in [0.2, 0.25) is 0 Å². The number of nitrogens with one attached hydrogen (secondary N) is 1. The number of benzene rings is 1. The monoisotopic (exact) mass is 257 g/mol. The summed E-state index contributed by atoms with van der Waals surface area (Å²) >= 11 is 0. The Balaban J connectivity index is 2.96. The maximum absolute atomic E-state index is 12.8. The first-order valence-corrected chi connectivity index (χ1v) is 4.81. The molecular formula is C10H9F2N3O3. The third kappa shape index (κ3) is 3.36. The van der Waals surface area contributed by atoms with Crippen LogP contribution < -0.4 is 5.32 Å². The van der Waals surface area contributed by atoms with E-state index in [0.29, 0.717) is 0 Å². The van der Waals surface area contributed by atoms with Gasteiger partial charge < -0.3 is 10.4 Å². The highest BCUT2D eigenvalue weighted by Crippen LogP contribution is 2.26. The number of nitro groups is 1. The van der Waals surface area contributed by atoms with Crippen molar-refractivity contribution in [3.63, 3.8) is 0 Å². The van der Waals surface area contributed by atoms with Gasteiger partial charge in [0, 0.05) is 6.07 Å². The van der Waals surface area contributed by atoms with Crippen LogP contribution in [0.25, 0.3) is 0 Å². The van der Waals surface area contributed by atoms with Gasteiger partial charge in [0.15, 0.2) is 0 Å². The molecule has 0 heterocycles. The molecule has 1 aromatic rings. The molecule has 0 aliphatic rings. The summed E-state index contributed by atoms with van der Waals surface area (Å²) < 4.78 is 25.6. The Morgan fingerprint density at radius 3 is 2.72 bits per heavy atom. The van der Waals surface area contributed by atoms with E-state index in [2.05, 4.69) is 5.32 Å². The lowest BCUT2D eigenvalue weighted by atomic mass is 10.2. The van der Waals surface area contributed by atoms with Crippen molar-refractivity contribution in [3.8, 4) is 6.07 Å². The highest BCUT2D eigenvalue weighted by Gasteiger charge is 2.28. The van der Waals surface area contributed by atoms with Gasteiger partial charge in [-0.05, 0) is 12.1 Å². The first-order chi connectivity index (χ1) is 8.39. The predicted octanol–water partition coefficient (Wildman–Crippen LogP) is 1.51. The SMILES string of the molecule is N#Cc1ccc(NCC(F)(F)CO)c([N+](=O)[O-])c1. The number of hydrogen-bond donors (Lipinski definition) is 2. The fraction of sp³-hybridized carbons (Fsp3) is 0.300. The van der Waals surface area contributed by atoms with E-state index in [-0.39, 0.29) is 11.3 Å². The van der Waals surface area contributed by atoms with E-state index < -0.39 is 29.7 Å². The molecule has 0 bridgehead atoms. The Hall–Kier alpha value is -2.27. The van der Waals surface area contributed by atoms with Crippen LogP contribution in [0.4, 0.5) is 20.2 Å². The zero-order valence-corrected chi connectivity index (χ0v) is 9.06. The minimum absolute atomic E-state index is 0.0566. The van der Waals surface area contributed by atoms with Crippen LogP contribution in [0.1, 0.15) is 5.56 Å². The zero-order chi connectivity index (χ0) is 13.8. The molecule has 0 saturated heterocycles. The highest BCUT2D eigenvalue weighted by molar-refractivity contribution is 5.64. The van der Waals surface area contributed by atoms with Gasteiger partial charge in [0.05, 0.1) is 23.1 Å². The van der Waals surface area contributed by atoms with Crippen molar-refractivity contribution < 1.29 is 18.8 Å². The number of aliphatic hydroxyl groups is 1. The maximum atomic E-state index is 12.8. The van der Waals surface area contributed by atoms with E-state index in [1.54, 1.807) is 6.07 Å². The number of nitro benzene ring substituents is 1. The fourth-order valence-electron chi connectivity index (χ4n) is 1.18. The van der Waals surface area contributed by atoms with Gasteiger partial charge in [0.1, 0.15) is 12.3 Å². The van der Waals surface area contributed by atoms with Crippen molar-refractivity contribution in [3.05, 3.63) is 33.9 Å². The van der Waals surface area contributed by atoms with Crippen LogP contribution in [0.15, 0.2) is 18.2 Å². The molecule has 0 radical (unpaired) electrons. The normalized spacial score (nSPS) is 10.8. The van der Waals surface area contributed by atoms with Gasteiger partial charge in [-0.25, -0.2) is 8.78 Å². The fourth-order valence-corrected chi connectivity index (χ4v) is 1.18. The van der Waals surface area contributed by atoms with Gasteiger partial charge in [-0.2, -0.15) is 5.26 Å². The second-order valence-electron chi connectivity index (χ2n) is 3.47. The molecule has 0 aliphatic carbocycles. The summed E-state index contributed by atoms with van der Waals surface area (Å²) in [6, 6.07) is 5.14. The molecule has 0 fully saturated rings. The Kier molecular flexibility index (Phi) is 4.12. The average molecular weight is 257 g/mol. The maximum Gasteiger partial charge on any atom is 0.293 e. The smallest absolute Gasteiger partial charge is 0.293 e. The molecule has 8 heteroatoms. The van der Waals surface area contributed by atoms with E-state index in [4.69, 9.17) is 10.4 Å². The van der Waals surface area contributed by atoms with Gasteiger partial charge >= 0.3 is 0 Å². The van der Waals surface area contributed by atoms with Gasteiger partial charge in [-0.15, -0.1) is 0 Å². The minimum Gasteiger partial charge on any atom is -0.390 e. The second kappa shape index (κ2) is 5.37. The van der Waals surface area contributed by atoms with Crippen molar-refractivity contribution in [2.45, 2.75) is 5.92 Å². The Morgan fingerprint density at radius 2 is 2.22 bits per heavy atom. The van der Waals surface area contributed by atoms with Crippen LogP contribution in [0.5, 0.6) is 0 Å². The molecule has 0 unspecified atom stereocenters. The summed E-state index contributed by atoms with van der Waals surface area (Å²) in [7, 11) is 0. The number of nitriles is 1. The molecular weight excluding hydrogens is 248 g/mol. The Bertz CT molecular complexity index is 500. The van der Waals surface area contributed by atoms with Gasteiger partial charge in [-0.1, -0.05) is 0 Å². The number of halogens is 2. The van der Waals surface area contributed by atoms with E-state index in [1.165, 1.54) is 12.1 Å². The lowest BCUT2D eigenvalue weighted by Gasteiger charge is -2.14. The lowest BCUT2D eigenvalue weighted by Crippen LogP contribution is -2.31. The molecule has 0 amide bonds. The molecule has 0 aliphatic heterocycles. The van der Waals surface area contributed by atoms with Crippen LogP contribution in [-0.4, -0.2) is 29.1 Å². The number of rotatable bonds is 5. The number of aliphatic hydroxyl groups excluding tert-OH is 1. The molecule has 0 spiro atoms. The molecule has 0 aromatic heterocycles. The standard InChI is InChI=1S/C10H9F2N3O3/c11-10(12,6-16)5-14-8-2-1-7(4-13)3-9(8)15(17)18/h1-3,14,16H,5-6H2. The quantitative estimate of drug-likeness (QED) is 0.615. The number of alkyl halides is 2. The largest absolute Gasteiger partial charge is 0.390 e. The molecule has 0 saturated carbocycles. The van der Waals surface area contributed by atoms with E-state index in [9.17, 15) is 18.9 Å². The molecule has 1 aromatic carbocycles. The van der Waals surface area contributed by atoms with Crippen LogP contribution in [0.3, 0.4) is 0 Å². The zero-order valence-electron chi connectivity index (χ0n) is 9.06. The van der Waals surface area contributed by atoms with Crippen molar-refractivity contribution >= 4 is 11.4 Å². The Morgan fingerprint density at radius 1 is 1.56 bits per heavy atom. The van der Waals surface area contributed by atoms with Crippen LogP contribution in [0, 0.1) is 21.4 Å². The third-order valence-electron chi connectivity index (χ3n) is 2.09. The van der Waals surface area contributed by atoms with Gasteiger partial charge in [-0.3, -0.25) is 10.1 Å². The van der Waals surface area contributed by atoms with Crippen molar-refractivity contribution in [1.82, 2.24) is 0 Å². The molecule has 0 atom stereocenters. The van der Waals surface area contributed by atoms with Crippen molar-refractivity contribution in [1.29, 1.82) is 5.26 Å². The minimum atomic E-state index is -3.37. The molecule has 96 valence electrons. The number of nitrogens with zero attached hydrogens (tertiary/aromatic N) is 2. The number of hydrogen-bond acceptors (Lipinski definition) is 5. The first kappa shape index (κ1) is 13.8. The first-order valence-electron chi connectivity index (χ1n) is 4.81. The lowest BCUT2D eigenvalue weighted by molar-refractivity contribution is -0.384. The number of anilines is 1. The topological polar surface area (TPSA) is 99.2 Å². The summed E-state index contributed by atoms with van der Waals surface area (Å²) in [4.78, 5) is 9.93. The molecule has 1 rings (SSSR count). The van der Waals surface area contributed by atoms with Crippen LogP contribution in [-0.2, 0) is 0 Å². The van der Waals surface area contributed by atoms with Crippen molar-refractivity contribution in [2.75, 3.05) is 18.5 Å². The third-order valence-corrected chi connectivity index (χ3v) is 2.09. The van der Waals surface area contributed by atoms with Gasteiger partial charge in [0.25, 0.3) is 11.6 Å². The highest BCUT2D eigenvalue weighted by atomic mass is 19.3. The van der Waals surface area contributed by atoms with Crippen LogP contribution >= 0.6 is 0 Å². The average Bonchev–Trinajstić information content (AvgIpc) is 2.36. The van der Waals surface area contributed by atoms with E-state index >= 15 is 0 Å². The van der Waals surface area contributed by atoms with E-state index in [0.717, 1.165) is 6.07 Å². The molecule has 2 N–H and O–H groups in total. The van der Waals surface area contributed by atoms with Crippen molar-refractivity contribution in [2.24, 2.45) is 0 Å². The predicted molar refractivity (Wildman–Crippen MR) is 58.3 cm³/mol. The van der Waals surface area contributed by atoms with Crippen LogP contribution in [0.2, 0.25) is 0 Å². The molecule has 18 heavy (non-hydrogen) atoms. The summed E-state index contributed by atoms with van der Waals surface area (Å²) in [6.07, 6.45) is 0. The van der Waals surface area contributed by atoms with E-state index in [1.807, 2.05) is 0 Å². The summed E-state index contributed by atoms with van der Waals surface area (Å²) in [5.41, 5.74) is -0.545. The Labute approximate surface area is 101 Å².